The first-order valence-electron chi connectivity index (χ1n) is 12.1. The second kappa shape index (κ2) is 12.7. The fourth-order valence-electron chi connectivity index (χ4n) is 3.80. The summed E-state index contributed by atoms with van der Waals surface area (Å²) in [6.07, 6.45) is -2.74. The summed E-state index contributed by atoms with van der Waals surface area (Å²) < 4.78 is 61.2. The number of ether oxygens (including phenoxy) is 1. The summed E-state index contributed by atoms with van der Waals surface area (Å²) in [4.78, 5) is 28.4. The van der Waals surface area contributed by atoms with Crippen LogP contribution in [-0.2, 0) is 9.53 Å². The van der Waals surface area contributed by atoms with Gasteiger partial charge in [-0.25, -0.2) is 14.2 Å². The number of fused-ring (bicyclic) bond motifs is 1. The Labute approximate surface area is 224 Å². The maximum absolute atomic E-state index is 13.2. The summed E-state index contributed by atoms with van der Waals surface area (Å²) in [5.74, 6) is -2.90. The molecule has 0 radical (unpaired) electrons. The molecule has 2 N–H and O–H groups in total. The first-order valence-corrected chi connectivity index (χ1v) is 12.1. The fraction of sp³-hybridized carbons (Fsp3) is 0.308. The lowest BCUT2D eigenvalue weighted by Crippen LogP contribution is -2.38. The summed E-state index contributed by atoms with van der Waals surface area (Å²) in [5, 5.41) is 14.9. The van der Waals surface area contributed by atoms with Gasteiger partial charge in [-0.15, -0.1) is 0 Å². The maximum atomic E-state index is 13.2. The number of hydrogen-bond acceptors (Lipinski definition) is 8. The quantitative estimate of drug-likeness (QED) is 0.248. The minimum Gasteiger partial charge on any atom is -0.475 e. The van der Waals surface area contributed by atoms with Crippen molar-refractivity contribution in [2.45, 2.75) is 12.6 Å². The molecule has 14 heteroatoms. The highest BCUT2D eigenvalue weighted by Gasteiger charge is 2.38. The lowest BCUT2D eigenvalue weighted by molar-refractivity contribution is -0.192. The number of amides is 1. The van der Waals surface area contributed by atoms with E-state index in [-0.39, 0.29) is 11.7 Å². The van der Waals surface area contributed by atoms with E-state index in [9.17, 15) is 22.4 Å². The van der Waals surface area contributed by atoms with E-state index in [0.717, 1.165) is 39.3 Å². The summed E-state index contributed by atoms with van der Waals surface area (Å²) in [7, 11) is 0. The van der Waals surface area contributed by atoms with Crippen molar-refractivity contribution >= 4 is 22.8 Å². The van der Waals surface area contributed by atoms with Gasteiger partial charge in [0.15, 0.2) is 5.58 Å². The van der Waals surface area contributed by atoms with E-state index in [1.54, 1.807) is 30.3 Å². The second-order valence-corrected chi connectivity index (χ2v) is 8.65. The smallest absolute Gasteiger partial charge is 0.475 e. The van der Waals surface area contributed by atoms with E-state index >= 15 is 0 Å². The van der Waals surface area contributed by atoms with Crippen LogP contribution in [0.25, 0.3) is 33.8 Å². The number of carboxylic acids is 1. The van der Waals surface area contributed by atoms with Crippen molar-refractivity contribution in [2.24, 2.45) is 0 Å². The third-order valence-electron chi connectivity index (χ3n) is 5.85. The Morgan fingerprint density at radius 1 is 1.07 bits per heavy atom. The van der Waals surface area contributed by atoms with Gasteiger partial charge < -0.3 is 24.1 Å². The third-order valence-corrected chi connectivity index (χ3v) is 5.85. The number of alkyl halides is 3. The number of oxazole rings is 1. The molecule has 40 heavy (non-hydrogen) atoms. The molecule has 1 amide bonds. The van der Waals surface area contributed by atoms with Gasteiger partial charge in [-0.05, 0) is 55.4 Å². The fourth-order valence-corrected chi connectivity index (χ4v) is 3.80. The number of nitrogens with zero attached hydrogens (tertiary/aromatic N) is 3. The Morgan fingerprint density at radius 3 is 2.45 bits per heavy atom. The predicted octanol–water partition coefficient (Wildman–Crippen LogP) is 4.37. The lowest BCUT2D eigenvalue weighted by Gasteiger charge is -2.26. The number of carbonyl (C=O) groups excluding carboxylic acids is 1. The summed E-state index contributed by atoms with van der Waals surface area (Å²) >= 11 is 0. The standard InChI is InChI=1S/C24H23FN4O4.C2HF3O2/c25-18-5-2-16(3-6-18)24-27-20(15-32-24)22-19-14-17(4-7-21(19)33-28-22)23(30)26-8-1-9-29-10-12-31-13-11-29;3-2(4,5)1(6)7/h2-7,14-15H,1,8-13H2,(H,26,30);(H,6,7). The molecule has 3 heterocycles. The second-order valence-electron chi connectivity index (χ2n) is 8.65. The number of carboxylic acid groups (broad SMARTS) is 1. The van der Waals surface area contributed by atoms with Crippen LogP contribution in [0.2, 0.25) is 0 Å². The van der Waals surface area contributed by atoms with Crippen molar-refractivity contribution in [3.63, 3.8) is 0 Å². The van der Waals surface area contributed by atoms with Crippen LogP contribution in [0.15, 0.2) is 57.7 Å². The topological polar surface area (TPSA) is 131 Å². The SMILES string of the molecule is O=C(NCCCN1CCOCC1)c1ccc2onc(-c3coc(-c4ccc(F)cc4)n3)c2c1.O=C(O)C(F)(F)F. The number of benzene rings is 2. The van der Waals surface area contributed by atoms with Crippen molar-refractivity contribution in [2.75, 3.05) is 39.4 Å². The number of aromatic nitrogens is 2. The number of nitrogens with one attached hydrogen (secondary N) is 1. The van der Waals surface area contributed by atoms with Crippen molar-refractivity contribution in [1.82, 2.24) is 20.4 Å². The first kappa shape index (κ1) is 28.7. The van der Waals surface area contributed by atoms with Crippen LogP contribution in [0.4, 0.5) is 17.6 Å². The molecule has 1 fully saturated rings. The van der Waals surface area contributed by atoms with Crippen molar-refractivity contribution in [3.8, 4) is 22.8 Å². The number of hydrogen-bond donors (Lipinski definition) is 2. The molecule has 0 spiro atoms. The maximum Gasteiger partial charge on any atom is 0.490 e. The average molecular weight is 564 g/mol. The molecule has 0 aliphatic carbocycles. The summed E-state index contributed by atoms with van der Waals surface area (Å²) in [6, 6.07) is 11.0. The van der Waals surface area contributed by atoms with E-state index < -0.39 is 12.1 Å². The van der Waals surface area contributed by atoms with E-state index in [4.69, 9.17) is 23.6 Å². The molecule has 0 saturated carbocycles. The molecule has 1 aliphatic heterocycles. The van der Waals surface area contributed by atoms with Crippen LogP contribution in [0, 0.1) is 5.82 Å². The van der Waals surface area contributed by atoms with Crippen molar-refractivity contribution in [1.29, 1.82) is 0 Å². The van der Waals surface area contributed by atoms with Gasteiger partial charge in [0.25, 0.3) is 5.91 Å². The van der Waals surface area contributed by atoms with E-state index in [2.05, 4.69) is 20.4 Å². The molecule has 212 valence electrons. The molecule has 1 aliphatic rings. The molecule has 1 saturated heterocycles. The highest BCUT2D eigenvalue weighted by atomic mass is 19.4. The van der Waals surface area contributed by atoms with Crippen LogP contribution in [0.5, 0.6) is 0 Å². The van der Waals surface area contributed by atoms with Crippen LogP contribution < -0.4 is 5.32 Å². The molecule has 5 rings (SSSR count). The van der Waals surface area contributed by atoms with Gasteiger partial charge in [0.2, 0.25) is 5.89 Å². The summed E-state index contributed by atoms with van der Waals surface area (Å²) in [5.41, 5.74) is 2.65. The Morgan fingerprint density at radius 2 is 1.77 bits per heavy atom. The van der Waals surface area contributed by atoms with Gasteiger partial charge in [0, 0.05) is 30.8 Å². The van der Waals surface area contributed by atoms with Crippen molar-refractivity contribution in [3.05, 3.63) is 60.1 Å². The molecule has 2 aromatic carbocycles. The molecular formula is C26H24F4N4O6. The molecular weight excluding hydrogens is 540 g/mol. The van der Waals surface area contributed by atoms with Gasteiger partial charge in [-0.1, -0.05) is 5.16 Å². The van der Waals surface area contributed by atoms with Crippen LogP contribution in [0.1, 0.15) is 16.8 Å². The number of morpholine rings is 1. The minimum absolute atomic E-state index is 0.154. The Hall–Kier alpha value is -4.30. The molecule has 0 atom stereocenters. The largest absolute Gasteiger partial charge is 0.490 e. The lowest BCUT2D eigenvalue weighted by atomic mass is 10.1. The van der Waals surface area contributed by atoms with Gasteiger partial charge >= 0.3 is 12.1 Å². The van der Waals surface area contributed by atoms with Crippen LogP contribution >= 0.6 is 0 Å². The Kier molecular flexibility index (Phi) is 9.11. The zero-order valence-electron chi connectivity index (χ0n) is 20.9. The van der Waals surface area contributed by atoms with Gasteiger partial charge in [0.1, 0.15) is 23.5 Å². The molecule has 2 aromatic heterocycles. The number of aliphatic carboxylic acids is 1. The minimum atomic E-state index is -5.08. The number of carbonyl (C=O) groups is 2. The molecule has 4 aromatic rings. The van der Waals surface area contributed by atoms with Gasteiger partial charge in [-0.2, -0.15) is 13.2 Å². The van der Waals surface area contributed by atoms with E-state index in [1.807, 2.05) is 0 Å². The van der Waals surface area contributed by atoms with Crippen molar-refractivity contribution < 1.29 is 45.9 Å². The molecule has 0 unspecified atom stereocenters. The highest BCUT2D eigenvalue weighted by Crippen LogP contribution is 2.30. The first-order chi connectivity index (χ1) is 19.1. The highest BCUT2D eigenvalue weighted by molar-refractivity contribution is 6.00. The molecule has 0 bridgehead atoms. The molecule has 10 nitrogen and oxygen atoms in total. The normalized spacial score (nSPS) is 14.0. The number of rotatable bonds is 7. The average Bonchev–Trinajstić information content (AvgIpc) is 3.59. The summed E-state index contributed by atoms with van der Waals surface area (Å²) in [6.45, 7) is 4.93. The van der Waals surface area contributed by atoms with Gasteiger partial charge in [-0.3, -0.25) is 9.69 Å². The third kappa shape index (κ3) is 7.42. The Balaban J connectivity index is 0.000000470. The predicted molar refractivity (Wildman–Crippen MR) is 133 cm³/mol. The van der Waals surface area contributed by atoms with Gasteiger partial charge in [0.05, 0.1) is 18.6 Å². The van der Waals surface area contributed by atoms with Crippen LogP contribution in [0.3, 0.4) is 0 Å². The zero-order valence-corrected chi connectivity index (χ0v) is 20.9. The Bertz CT molecular complexity index is 1450. The monoisotopic (exact) mass is 564 g/mol. The zero-order chi connectivity index (χ0) is 28.7. The number of halogens is 4. The van der Waals surface area contributed by atoms with Crippen LogP contribution in [-0.4, -0.2) is 77.6 Å². The van der Waals surface area contributed by atoms with E-state index in [0.29, 0.717) is 45.9 Å². The van der Waals surface area contributed by atoms with E-state index in [1.165, 1.54) is 18.4 Å².